The number of carbonyl (C=O) groups is 2. The molecule has 7 heteroatoms. The quantitative estimate of drug-likeness (QED) is 0.693. The van der Waals surface area contributed by atoms with Crippen LogP contribution >= 0.6 is 11.3 Å². The number of likely N-dealkylation sites (tertiary alicyclic amines) is 1. The van der Waals surface area contributed by atoms with Crippen molar-refractivity contribution in [1.29, 1.82) is 0 Å². The maximum Gasteiger partial charge on any atom is 0.345 e. The molecular weight excluding hydrogens is 376 g/mol. The van der Waals surface area contributed by atoms with E-state index < -0.39 is 11.5 Å². The van der Waals surface area contributed by atoms with Crippen molar-refractivity contribution in [3.05, 3.63) is 57.8 Å². The third-order valence-electron chi connectivity index (χ3n) is 5.19. The lowest BCUT2D eigenvalue weighted by molar-refractivity contribution is -0.159. The zero-order chi connectivity index (χ0) is 20.1. The molecule has 6 nitrogen and oxygen atoms in total. The van der Waals surface area contributed by atoms with Gasteiger partial charge in [-0.1, -0.05) is 30.3 Å². The van der Waals surface area contributed by atoms with Crippen molar-refractivity contribution in [2.24, 2.45) is 0 Å². The molecule has 1 atom stereocenters. The Kier molecular flexibility index (Phi) is 6.49. The first kappa shape index (κ1) is 20.5. The number of hydrogen-bond acceptors (Lipinski definition) is 6. The molecule has 2 N–H and O–H groups in total. The van der Waals surface area contributed by atoms with E-state index in [2.05, 4.69) is 17.3 Å². The van der Waals surface area contributed by atoms with Crippen molar-refractivity contribution in [1.82, 2.24) is 10.2 Å². The summed E-state index contributed by atoms with van der Waals surface area (Å²) in [5, 5.41) is 12.4. The fourth-order valence-electron chi connectivity index (χ4n) is 3.29. The normalized spacial score (nSPS) is 17.8. The average Bonchev–Trinajstić information content (AvgIpc) is 3.18. The van der Waals surface area contributed by atoms with Gasteiger partial charge < -0.3 is 14.7 Å². The molecule has 1 aromatic carbocycles. The number of nitrogens with one attached hydrogen (secondary N) is 1. The Bertz CT molecular complexity index is 815. The number of nitrogens with zero attached hydrogens (tertiary/aromatic N) is 1. The van der Waals surface area contributed by atoms with E-state index >= 15 is 0 Å². The first-order valence-corrected chi connectivity index (χ1v) is 10.2. The molecule has 0 bridgehead atoms. The average molecular weight is 403 g/mol. The van der Waals surface area contributed by atoms with Crippen LogP contribution < -0.4 is 5.32 Å². The van der Waals surface area contributed by atoms with Crippen LogP contribution in [0, 0.1) is 0 Å². The number of thiophene rings is 1. The van der Waals surface area contributed by atoms with E-state index in [0.29, 0.717) is 6.54 Å². The number of aromatic carboxylic acids is 1. The first-order valence-electron chi connectivity index (χ1n) is 9.40. The Balaban J connectivity index is 1.75. The predicted octanol–water partition coefficient (Wildman–Crippen LogP) is 3.09. The highest BCUT2D eigenvalue weighted by molar-refractivity contribution is 7.13. The van der Waals surface area contributed by atoms with Gasteiger partial charge in [0.05, 0.1) is 0 Å². The van der Waals surface area contributed by atoms with Gasteiger partial charge in [-0.3, -0.25) is 5.32 Å². The Morgan fingerprint density at radius 3 is 2.50 bits per heavy atom. The minimum absolute atomic E-state index is 0.0751. The maximum absolute atomic E-state index is 13.2. The van der Waals surface area contributed by atoms with E-state index in [1.165, 1.54) is 11.3 Å². The standard InChI is InChI=1S/C21H26N2O4S/c1-21(15-6-4-3-5-7-15,20(26)27-16-10-12-23(2)13-11-16)22-14-17-8-9-18(28-17)19(24)25/h3-9,16,22H,10-14H2,1-2H3,(H,24,25). The molecule has 1 unspecified atom stereocenters. The van der Waals surface area contributed by atoms with Crippen LogP contribution in [-0.4, -0.2) is 48.2 Å². The molecule has 1 fully saturated rings. The van der Waals surface area contributed by atoms with E-state index in [9.17, 15) is 9.59 Å². The second kappa shape index (κ2) is 8.86. The number of hydrogen-bond donors (Lipinski definition) is 2. The number of carboxylic acid groups (broad SMARTS) is 1. The SMILES string of the molecule is CN1CCC(OC(=O)C(C)(NCc2ccc(C(=O)O)s2)c2ccccc2)CC1. The van der Waals surface area contributed by atoms with Crippen LogP contribution in [0.15, 0.2) is 42.5 Å². The zero-order valence-electron chi connectivity index (χ0n) is 16.2. The van der Waals surface area contributed by atoms with Gasteiger partial charge in [-0.25, -0.2) is 9.59 Å². The lowest BCUT2D eigenvalue weighted by Gasteiger charge is -2.34. The van der Waals surface area contributed by atoms with Gasteiger partial charge in [-0.2, -0.15) is 0 Å². The Morgan fingerprint density at radius 1 is 1.21 bits per heavy atom. The van der Waals surface area contributed by atoms with Crippen LogP contribution in [0.1, 0.15) is 39.9 Å². The van der Waals surface area contributed by atoms with Crippen LogP contribution in [0.25, 0.3) is 0 Å². The molecule has 2 heterocycles. The topological polar surface area (TPSA) is 78.9 Å². The number of piperidine rings is 1. The second-order valence-corrected chi connectivity index (χ2v) is 8.49. The van der Waals surface area contributed by atoms with Gasteiger partial charge in [-0.15, -0.1) is 11.3 Å². The fourth-order valence-corrected chi connectivity index (χ4v) is 4.07. The van der Waals surface area contributed by atoms with Crippen molar-refractivity contribution in [2.45, 2.75) is 38.0 Å². The van der Waals surface area contributed by atoms with Gasteiger partial charge in [0.1, 0.15) is 16.5 Å². The molecule has 2 aromatic rings. The van der Waals surface area contributed by atoms with Crippen molar-refractivity contribution in [3.8, 4) is 0 Å². The molecule has 150 valence electrons. The van der Waals surface area contributed by atoms with Crippen molar-refractivity contribution in [2.75, 3.05) is 20.1 Å². The van der Waals surface area contributed by atoms with Crippen molar-refractivity contribution < 1.29 is 19.4 Å². The lowest BCUT2D eigenvalue weighted by atomic mass is 9.91. The summed E-state index contributed by atoms with van der Waals surface area (Å²) in [6.07, 6.45) is 1.59. The van der Waals surface area contributed by atoms with E-state index in [4.69, 9.17) is 9.84 Å². The minimum atomic E-state index is -1.02. The van der Waals surface area contributed by atoms with Gasteiger partial charge in [0.2, 0.25) is 0 Å². The van der Waals surface area contributed by atoms with E-state index in [0.717, 1.165) is 36.4 Å². The van der Waals surface area contributed by atoms with Gasteiger partial charge >= 0.3 is 11.9 Å². The molecule has 3 rings (SSSR count). The summed E-state index contributed by atoms with van der Waals surface area (Å²) in [5.74, 6) is -1.24. The first-order chi connectivity index (χ1) is 13.4. The number of ether oxygens (including phenoxy) is 1. The number of esters is 1. The van der Waals surface area contributed by atoms with E-state index in [1.807, 2.05) is 37.3 Å². The van der Waals surface area contributed by atoms with Crippen LogP contribution in [0.4, 0.5) is 0 Å². The highest BCUT2D eigenvalue weighted by Crippen LogP contribution is 2.26. The summed E-state index contributed by atoms with van der Waals surface area (Å²) >= 11 is 1.20. The molecule has 1 saturated heterocycles. The molecule has 28 heavy (non-hydrogen) atoms. The highest BCUT2D eigenvalue weighted by atomic mass is 32.1. The third kappa shape index (κ3) is 4.79. The predicted molar refractivity (Wildman–Crippen MR) is 109 cm³/mol. The number of carboxylic acids is 1. The largest absolute Gasteiger partial charge is 0.477 e. The molecule has 0 amide bonds. The summed E-state index contributed by atoms with van der Waals surface area (Å²) in [7, 11) is 2.07. The Morgan fingerprint density at radius 2 is 1.89 bits per heavy atom. The third-order valence-corrected chi connectivity index (χ3v) is 6.26. The molecule has 1 aromatic heterocycles. The molecule has 0 aliphatic carbocycles. The number of rotatable bonds is 7. The monoisotopic (exact) mass is 402 g/mol. The lowest BCUT2D eigenvalue weighted by Crippen LogP contribution is -2.49. The zero-order valence-corrected chi connectivity index (χ0v) is 17.0. The van der Waals surface area contributed by atoms with Gasteiger partial charge in [0.25, 0.3) is 0 Å². The molecule has 1 aliphatic heterocycles. The maximum atomic E-state index is 13.2. The number of benzene rings is 1. The van der Waals surface area contributed by atoms with Gasteiger partial charge in [-0.05, 0) is 44.5 Å². The Hall–Kier alpha value is -2.22. The Labute approximate surface area is 169 Å². The van der Waals surface area contributed by atoms with E-state index in [-0.39, 0.29) is 17.0 Å². The van der Waals surface area contributed by atoms with E-state index in [1.54, 1.807) is 12.1 Å². The summed E-state index contributed by atoms with van der Waals surface area (Å²) < 4.78 is 5.87. The number of carbonyl (C=O) groups excluding carboxylic acids is 1. The smallest absolute Gasteiger partial charge is 0.345 e. The highest BCUT2D eigenvalue weighted by Gasteiger charge is 2.38. The van der Waals surface area contributed by atoms with Gasteiger partial charge in [0.15, 0.2) is 0 Å². The summed E-state index contributed by atoms with van der Waals surface area (Å²) in [6.45, 7) is 4.04. The van der Waals surface area contributed by atoms with Gasteiger partial charge in [0, 0.05) is 24.5 Å². The second-order valence-electron chi connectivity index (χ2n) is 7.32. The summed E-state index contributed by atoms with van der Waals surface area (Å²) in [6, 6.07) is 12.9. The van der Waals surface area contributed by atoms with Crippen LogP contribution in [0.2, 0.25) is 0 Å². The summed E-state index contributed by atoms with van der Waals surface area (Å²) in [5.41, 5.74) is -0.194. The molecule has 0 spiro atoms. The van der Waals surface area contributed by atoms with Crippen LogP contribution in [0.3, 0.4) is 0 Å². The van der Waals surface area contributed by atoms with Crippen LogP contribution in [-0.2, 0) is 21.6 Å². The van der Waals surface area contributed by atoms with Crippen LogP contribution in [0.5, 0.6) is 0 Å². The molecular formula is C21H26N2O4S. The minimum Gasteiger partial charge on any atom is -0.477 e. The van der Waals surface area contributed by atoms with Crippen molar-refractivity contribution >= 4 is 23.3 Å². The molecule has 0 saturated carbocycles. The summed E-state index contributed by atoms with van der Waals surface area (Å²) in [4.78, 5) is 27.6. The molecule has 0 radical (unpaired) electrons. The molecule has 1 aliphatic rings. The fraction of sp³-hybridized carbons (Fsp3) is 0.429. The van der Waals surface area contributed by atoms with Crippen molar-refractivity contribution in [3.63, 3.8) is 0 Å².